The predicted molar refractivity (Wildman–Crippen MR) is 127 cm³/mol. The fourth-order valence-electron chi connectivity index (χ4n) is 4.92. The Morgan fingerprint density at radius 3 is 2.44 bits per heavy atom. The van der Waals surface area contributed by atoms with Gasteiger partial charge in [0.15, 0.2) is 5.78 Å². The highest BCUT2D eigenvalue weighted by Crippen LogP contribution is 2.25. The lowest BCUT2D eigenvalue weighted by atomic mass is 9.98. The molecule has 0 aliphatic carbocycles. The number of rotatable bonds is 7. The summed E-state index contributed by atoms with van der Waals surface area (Å²) in [6, 6.07) is 17.5. The minimum atomic E-state index is -0.439. The number of carbonyl (C=O) groups is 1. The van der Waals surface area contributed by atoms with Crippen molar-refractivity contribution in [2.45, 2.75) is 45.4 Å². The second kappa shape index (κ2) is 10.5. The molecule has 2 aliphatic rings. The van der Waals surface area contributed by atoms with Crippen molar-refractivity contribution in [3.63, 3.8) is 0 Å². The second-order valence-electron chi connectivity index (χ2n) is 9.10. The molecule has 170 valence electrons. The van der Waals surface area contributed by atoms with Crippen molar-refractivity contribution in [3.05, 3.63) is 76.9 Å². The monoisotopic (exact) mass is 434 g/mol. The zero-order chi connectivity index (χ0) is 22.5. The molecule has 32 heavy (non-hydrogen) atoms. The highest BCUT2D eigenvalue weighted by atomic mass is 16.5. The number of nitrogens with zero attached hydrogens (tertiary/aromatic N) is 2. The van der Waals surface area contributed by atoms with Crippen LogP contribution in [0.3, 0.4) is 0 Å². The average molecular weight is 435 g/mol. The first-order valence-corrected chi connectivity index (χ1v) is 11.6. The maximum absolute atomic E-state index is 11.6. The molecule has 0 amide bonds. The molecule has 1 fully saturated rings. The van der Waals surface area contributed by atoms with Crippen LogP contribution in [0.15, 0.2) is 54.6 Å². The lowest BCUT2D eigenvalue weighted by Gasteiger charge is -2.44. The SMILES string of the molecule is C[C@@H]1CN(Cc2ccc(C(=O)CO)cc2)C[C@H](C)N1Cc1cccc(C2=CCOCC2)c1. The highest BCUT2D eigenvalue weighted by molar-refractivity contribution is 5.96. The van der Waals surface area contributed by atoms with Gasteiger partial charge in [-0.15, -0.1) is 0 Å². The maximum atomic E-state index is 11.6. The number of benzene rings is 2. The molecule has 0 radical (unpaired) electrons. The van der Waals surface area contributed by atoms with Crippen LogP contribution in [0, 0.1) is 0 Å². The minimum Gasteiger partial charge on any atom is -0.388 e. The van der Waals surface area contributed by atoms with Crippen LogP contribution in [0.5, 0.6) is 0 Å². The van der Waals surface area contributed by atoms with E-state index in [1.807, 2.05) is 24.3 Å². The number of aliphatic hydroxyl groups excluding tert-OH is 1. The van der Waals surface area contributed by atoms with Crippen LogP contribution >= 0.6 is 0 Å². The smallest absolute Gasteiger partial charge is 0.188 e. The summed E-state index contributed by atoms with van der Waals surface area (Å²) in [5, 5.41) is 9.02. The van der Waals surface area contributed by atoms with Gasteiger partial charge in [0.05, 0.1) is 13.2 Å². The van der Waals surface area contributed by atoms with Gasteiger partial charge >= 0.3 is 0 Å². The lowest BCUT2D eigenvalue weighted by Crippen LogP contribution is -2.55. The van der Waals surface area contributed by atoms with E-state index < -0.39 is 6.61 Å². The van der Waals surface area contributed by atoms with Gasteiger partial charge in [-0.3, -0.25) is 14.6 Å². The quantitative estimate of drug-likeness (QED) is 0.673. The summed E-state index contributed by atoms with van der Waals surface area (Å²) in [5.41, 5.74) is 5.86. The number of Topliss-reactive ketones (excluding diaryl/α,β-unsaturated/α-hetero) is 1. The van der Waals surface area contributed by atoms with E-state index in [0.717, 1.165) is 45.8 Å². The van der Waals surface area contributed by atoms with Crippen molar-refractivity contribution < 1.29 is 14.6 Å². The Bertz CT molecular complexity index is 942. The Kier molecular flexibility index (Phi) is 7.53. The number of hydrogen-bond acceptors (Lipinski definition) is 5. The molecular weight excluding hydrogens is 400 g/mol. The van der Waals surface area contributed by atoms with E-state index >= 15 is 0 Å². The normalized spacial score (nSPS) is 22.5. The molecule has 2 atom stereocenters. The number of aliphatic hydroxyl groups is 1. The third-order valence-corrected chi connectivity index (χ3v) is 6.63. The van der Waals surface area contributed by atoms with Gasteiger partial charge < -0.3 is 9.84 Å². The largest absolute Gasteiger partial charge is 0.388 e. The lowest BCUT2D eigenvalue weighted by molar-refractivity contribution is 0.0290. The number of ether oxygens (including phenoxy) is 1. The van der Waals surface area contributed by atoms with Gasteiger partial charge in [-0.05, 0) is 42.5 Å². The Balaban J connectivity index is 1.37. The van der Waals surface area contributed by atoms with Gasteiger partial charge in [-0.25, -0.2) is 0 Å². The Labute approximate surface area is 191 Å². The van der Waals surface area contributed by atoms with Crippen LogP contribution in [0.1, 0.15) is 47.3 Å². The molecule has 4 rings (SSSR count). The molecule has 2 aliphatic heterocycles. The van der Waals surface area contributed by atoms with Gasteiger partial charge in [0.2, 0.25) is 0 Å². The molecule has 0 saturated carbocycles. The third kappa shape index (κ3) is 5.54. The first kappa shape index (κ1) is 22.9. The molecule has 1 saturated heterocycles. The summed E-state index contributed by atoms with van der Waals surface area (Å²) in [4.78, 5) is 16.7. The van der Waals surface area contributed by atoms with Crippen LogP contribution in [-0.4, -0.2) is 65.7 Å². The molecule has 5 nitrogen and oxygen atoms in total. The number of carbonyl (C=O) groups excluding carboxylic acids is 1. The Morgan fingerprint density at radius 2 is 1.78 bits per heavy atom. The minimum absolute atomic E-state index is 0.232. The van der Waals surface area contributed by atoms with Gasteiger partial charge in [0.25, 0.3) is 0 Å². The van der Waals surface area contributed by atoms with Crippen molar-refractivity contribution >= 4 is 11.4 Å². The van der Waals surface area contributed by atoms with Crippen LogP contribution in [0.4, 0.5) is 0 Å². The van der Waals surface area contributed by atoms with Gasteiger partial charge in [-0.2, -0.15) is 0 Å². The Morgan fingerprint density at radius 1 is 1.03 bits per heavy atom. The first-order chi connectivity index (χ1) is 15.5. The molecule has 0 bridgehead atoms. The predicted octanol–water partition coefficient (Wildman–Crippen LogP) is 3.76. The molecule has 0 unspecified atom stereocenters. The fourth-order valence-corrected chi connectivity index (χ4v) is 4.92. The van der Waals surface area contributed by atoms with Crippen LogP contribution in [0.2, 0.25) is 0 Å². The van der Waals surface area contributed by atoms with Crippen molar-refractivity contribution in [2.75, 3.05) is 32.9 Å². The topological polar surface area (TPSA) is 53.0 Å². The van der Waals surface area contributed by atoms with Gasteiger partial charge in [0, 0.05) is 43.8 Å². The van der Waals surface area contributed by atoms with E-state index in [-0.39, 0.29) is 5.78 Å². The van der Waals surface area contributed by atoms with E-state index in [2.05, 4.69) is 54.0 Å². The highest BCUT2D eigenvalue weighted by Gasteiger charge is 2.29. The summed E-state index contributed by atoms with van der Waals surface area (Å²) in [5.74, 6) is -0.232. The molecule has 1 N–H and O–H groups in total. The zero-order valence-electron chi connectivity index (χ0n) is 19.2. The average Bonchev–Trinajstić information content (AvgIpc) is 2.82. The molecule has 2 aromatic carbocycles. The van der Waals surface area contributed by atoms with Crippen molar-refractivity contribution in [1.82, 2.24) is 9.80 Å². The van der Waals surface area contributed by atoms with E-state index in [4.69, 9.17) is 9.84 Å². The van der Waals surface area contributed by atoms with Crippen LogP contribution in [-0.2, 0) is 17.8 Å². The van der Waals surface area contributed by atoms with Crippen LogP contribution < -0.4 is 0 Å². The third-order valence-electron chi connectivity index (χ3n) is 6.63. The van der Waals surface area contributed by atoms with Crippen molar-refractivity contribution in [2.24, 2.45) is 0 Å². The van der Waals surface area contributed by atoms with E-state index in [1.165, 1.54) is 22.3 Å². The molecule has 2 aromatic rings. The molecule has 2 heterocycles. The number of piperazine rings is 1. The summed E-state index contributed by atoms with van der Waals surface area (Å²) < 4.78 is 5.46. The summed E-state index contributed by atoms with van der Waals surface area (Å²) in [7, 11) is 0. The molecule has 0 aromatic heterocycles. The van der Waals surface area contributed by atoms with Crippen molar-refractivity contribution in [1.29, 1.82) is 0 Å². The zero-order valence-corrected chi connectivity index (χ0v) is 19.2. The van der Waals surface area contributed by atoms with Gasteiger partial charge in [0.1, 0.15) is 6.61 Å². The summed E-state index contributed by atoms with van der Waals surface area (Å²) in [6.07, 6.45) is 3.20. The van der Waals surface area contributed by atoms with E-state index in [0.29, 0.717) is 17.6 Å². The number of hydrogen-bond donors (Lipinski definition) is 1. The van der Waals surface area contributed by atoms with Crippen LogP contribution in [0.25, 0.3) is 5.57 Å². The maximum Gasteiger partial charge on any atom is 0.188 e. The van der Waals surface area contributed by atoms with Crippen molar-refractivity contribution in [3.8, 4) is 0 Å². The number of ketones is 1. The fraction of sp³-hybridized carbons (Fsp3) is 0.444. The Hall–Kier alpha value is -2.31. The van der Waals surface area contributed by atoms with E-state index in [9.17, 15) is 4.79 Å². The molecular formula is C27H34N2O3. The first-order valence-electron chi connectivity index (χ1n) is 11.6. The summed E-state index contributed by atoms with van der Waals surface area (Å²) in [6.45, 7) is 9.60. The molecule has 0 spiro atoms. The summed E-state index contributed by atoms with van der Waals surface area (Å²) >= 11 is 0. The standard InChI is InChI=1S/C27H34N2O3/c1-20-15-28(17-22-6-8-25(9-7-22)27(31)19-30)16-21(2)29(20)18-23-4-3-5-26(14-23)24-10-12-32-13-11-24/h3-10,14,20-21,30H,11-13,15-19H2,1-2H3/t20-,21+. The molecule has 5 heteroatoms. The van der Waals surface area contributed by atoms with Gasteiger partial charge in [-0.1, -0.05) is 54.6 Å². The second-order valence-corrected chi connectivity index (χ2v) is 9.10. The van der Waals surface area contributed by atoms with E-state index in [1.54, 1.807) is 0 Å².